The Kier molecular flexibility index (Phi) is 4.05. The molecule has 2 N–H and O–H groups in total. The lowest BCUT2D eigenvalue weighted by Gasteiger charge is -2.32. The summed E-state index contributed by atoms with van der Waals surface area (Å²) in [5.41, 5.74) is 1.28. The van der Waals surface area contributed by atoms with Gasteiger partial charge in [-0.15, -0.1) is 0 Å². The second-order valence-corrected chi connectivity index (χ2v) is 6.59. The van der Waals surface area contributed by atoms with Gasteiger partial charge >= 0.3 is 0 Å². The minimum atomic E-state index is -4.58. The van der Waals surface area contributed by atoms with Crippen molar-refractivity contribution in [1.29, 1.82) is 0 Å². The summed E-state index contributed by atoms with van der Waals surface area (Å²) in [7, 11) is -0.185. The van der Waals surface area contributed by atoms with Crippen molar-refractivity contribution in [2.45, 2.75) is 24.2 Å². The zero-order chi connectivity index (χ0) is 15.8. The van der Waals surface area contributed by atoms with Gasteiger partial charge in [0.05, 0.1) is 21.3 Å². The molecular formula is C13H18O7S. The fourth-order valence-electron chi connectivity index (χ4n) is 2.62. The van der Waals surface area contributed by atoms with Crippen LogP contribution >= 0.6 is 0 Å². The standard InChI is InChI=1S/C13H18O7S/c1-18-10-6-8-7-13(14,21(15,16)17)5-4-9(8)11(19-2)12(10)20-3/h6,14H,4-5,7H2,1-3H3,(H,15,16,17). The molecule has 1 aromatic rings. The number of rotatable bonds is 4. The average Bonchev–Trinajstić information content (AvgIpc) is 2.43. The zero-order valence-electron chi connectivity index (χ0n) is 12.0. The summed E-state index contributed by atoms with van der Waals surface area (Å²) in [6.45, 7) is 0. The Bertz CT molecular complexity index is 653. The number of aliphatic hydroxyl groups is 1. The fourth-order valence-corrected chi connectivity index (χ4v) is 3.32. The molecule has 0 saturated carbocycles. The summed E-state index contributed by atoms with van der Waals surface area (Å²) in [5, 5.41) is 10.2. The predicted octanol–water partition coefficient (Wildman–Crippen LogP) is 0.777. The molecule has 2 rings (SSSR count). The minimum absolute atomic E-state index is 0.120. The number of fused-ring (bicyclic) bond motifs is 1. The van der Waals surface area contributed by atoms with Gasteiger partial charge in [-0.1, -0.05) is 0 Å². The van der Waals surface area contributed by atoms with Crippen LogP contribution < -0.4 is 14.2 Å². The van der Waals surface area contributed by atoms with E-state index in [4.69, 9.17) is 14.2 Å². The summed E-state index contributed by atoms with van der Waals surface area (Å²) < 4.78 is 47.7. The summed E-state index contributed by atoms with van der Waals surface area (Å²) in [6.07, 6.45) is -0.127. The van der Waals surface area contributed by atoms with Gasteiger partial charge in [0, 0.05) is 12.0 Å². The van der Waals surface area contributed by atoms with Crippen molar-refractivity contribution in [3.05, 3.63) is 17.2 Å². The Morgan fingerprint density at radius 3 is 2.24 bits per heavy atom. The zero-order valence-corrected chi connectivity index (χ0v) is 12.9. The molecule has 21 heavy (non-hydrogen) atoms. The van der Waals surface area contributed by atoms with Gasteiger partial charge in [-0.2, -0.15) is 8.42 Å². The van der Waals surface area contributed by atoms with Crippen LogP contribution in [0.15, 0.2) is 6.07 Å². The fraction of sp³-hybridized carbons (Fsp3) is 0.538. The van der Waals surface area contributed by atoms with Gasteiger partial charge in [0.2, 0.25) is 5.75 Å². The lowest BCUT2D eigenvalue weighted by atomic mass is 9.88. The Labute approximate surface area is 123 Å². The SMILES string of the molecule is COc1cc2c(c(OC)c1OC)CCC(O)(S(=O)(=O)O)C2. The maximum Gasteiger partial charge on any atom is 0.295 e. The van der Waals surface area contributed by atoms with E-state index in [-0.39, 0.29) is 19.3 Å². The van der Waals surface area contributed by atoms with E-state index in [0.717, 1.165) is 5.56 Å². The van der Waals surface area contributed by atoms with E-state index in [2.05, 4.69) is 0 Å². The van der Waals surface area contributed by atoms with E-state index in [9.17, 15) is 18.1 Å². The second-order valence-electron chi connectivity index (χ2n) is 4.88. The van der Waals surface area contributed by atoms with Gasteiger partial charge in [-0.05, 0) is 24.5 Å². The predicted molar refractivity (Wildman–Crippen MR) is 74.6 cm³/mol. The third-order valence-corrected chi connectivity index (χ3v) is 5.05. The highest BCUT2D eigenvalue weighted by molar-refractivity contribution is 7.87. The van der Waals surface area contributed by atoms with Crippen LogP contribution in [0.2, 0.25) is 0 Å². The molecule has 0 bridgehead atoms. The first-order chi connectivity index (χ1) is 9.77. The Morgan fingerprint density at radius 1 is 1.14 bits per heavy atom. The highest BCUT2D eigenvalue weighted by Crippen LogP contribution is 2.46. The van der Waals surface area contributed by atoms with Crippen LogP contribution in [0, 0.1) is 0 Å². The summed E-state index contributed by atoms with van der Waals surface area (Å²) in [6, 6.07) is 1.59. The maximum absolute atomic E-state index is 11.4. The van der Waals surface area contributed by atoms with Crippen LogP contribution in [0.5, 0.6) is 17.2 Å². The summed E-state index contributed by atoms with van der Waals surface area (Å²) in [5.74, 6) is 1.23. The Morgan fingerprint density at radius 2 is 1.76 bits per heavy atom. The smallest absolute Gasteiger partial charge is 0.295 e. The number of hydrogen-bond acceptors (Lipinski definition) is 6. The molecule has 0 aliphatic heterocycles. The molecule has 0 radical (unpaired) electrons. The van der Waals surface area contributed by atoms with Crippen LogP contribution in [-0.2, 0) is 23.0 Å². The molecule has 7 nitrogen and oxygen atoms in total. The Hall–Kier alpha value is -1.51. The molecular weight excluding hydrogens is 300 g/mol. The molecule has 0 heterocycles. The third-order valence-electron chi connectivity index (χ3n) is 3.74. The van der Waals surface area contributed by atoms with Gasteiger partial charge in [0.1, 0.15) is 0 Å². The monoisotopic (exact) mass is 318 g/mol. The summed E-state index contributed by atoms with van der Waals surface area (Å²) in [4.78, 5) is -2.19. The molecule has 0 aromatic heterocycles. The first-order valence-electron chi connectivity index (χ1n) is 6.27. The molecule has 0 fully saturated rings. The number of ether oxygens (including phenoxy) is 3. The van der Waals surface area contributed by atoms with Crippen molar-refractivity contribution in [1.82, 2.24) is 0 Å². The van der Waals surface area contributed by atoms with Crippen molar-refractivity contribution >= 4 is 10.1 Å². The third kappa shape index (κ3) is 2.54. The number of benzene rings is 1. The second kappa shape index (κ2) is 5.36. The van der Waals surface area contributed by atoms with Gasteiger partial charge in [-0.25, -0.2) is 0 Å². The first-order valence-corrected chi connectivity index (χ1v) is 7.71. The molecule has 0 amide bonds. The lowest BCUT2D eigenvalue weighted by Crippen LogP contribution is -2.43. The van der Waals surface area contributed by atoms with E-state index < -0.39 is 15.1 Å². The number of hydrogen-bond donors (Lipinski definition) is 2. The molecule has 1 aromatic carbocycles. The molecule has 0 spiro atoms. The molecule has 1 aliphatic rings. The van der Waals surface area contributed by atoms with Gasteiger partial charge in [0.25, 0.3) is 10.1 Å². The van der Waals surface area contributed by atoms with Crippen molar-refractivity contribution in [3.8, 4) is 17.2 Å². The van der Waals surface area contributed by atoms with Gasteiger partial charge in [0.15, 0.2) is 16.4 Å². The van der Waals surface area contributed by atoms with E-state index in [0.29, 0.717) is 22.8 Å². The van der Waals surface area contributed by atoms with Crippen LogP contribution in [0.25, 0.3) is 0 Å². The molecule has 1 aliphatic carbocycles. The van der Waals surface area contributed by atoms with Crippen molar-refractivity contribution in [3.63, 3.8) is 0 Å². The quantitative estimate of drug-likeness (QED) is 0.791. The van der Waals surface area contributed by atoms with Crippen LogP contribution in [-0.4, -0.2) is 44.3 Å². The normalized spacial score (nSPS) is 21.6. The number of methoxy groups -OCH3 is 3. The van der Waals surface area contributed by atoms with Crippen LogP contribution in [0.4, 0.5) is 0 Å². The highest BCUT2D eigenvalue weighted by atomic mass is 32.2. The lowest BCUT2D eigenvalue weighted by molar-refractivity contribution is 0.0975. The largest absolute Gasteiger partial charge is 0.493 e. The van der Waals surface area contributed by atoms with E-state index in [1.54, 1.807) is 6.07 Å². The Balaban J connectivity index is 2.60. The van der Waals surface area contributed by atoms with Crippen molar-refractivity contribution < 1.29 is 32.3 Å². The van der Waals surface area contributed by atoms with E-state index >= 15 is 0 Å². The molecule has 1 unspecified atom stereocenters. The molecule has 118 valence electrons. The molecule has 8 heteroatoms. The van der Waals surface area contributed by atoms with E-state index in [1.165, 1.54) is 21.3 Å². The first kappa shape index (κ1) is 15.9. The van der Waals surface area contributed by atoms with Crippen molar-refractivity contribution in [2.75, 3.05) is 21.3 Å². The van der Waals surface area contributed by atoms with Gasteiger partial charge < -0.3 is 19.3 Å². The van der Waals surface area contributed by atoms with Crippen molar-refractivity contribution in [2.24, 2.45) is 0 Å². The average molecular weight is 318 g/mol. The van der Waals surface area contributed by atoms with Gasteiger partial charge in [-0.3, -0.25) is 4.55 Å². The molecule has 0 saturated heterocycles. The maximum atomic E-state index is 11.4. The molecule has 1 atom stereocenters. The van der Waals surface area contributed by atoms with Crippen LogP contribution in [0.1, 0.15) is 17.5 Å². The van der Waals surface area contributed by atoms with E-state index in [1.807, 2.05) is 0 Å². The topological polar surface area (TPSA) is 102 Å². The highest BCUT2D eigenvalue weighted by Gasteiger charge is 2.44. The van der Waals surface area contributed by atoms with Crippen LogP contribution in [0.3, 0.4) is 0 Å². The summed E-state index contributed by atoms with van der Waals surface area (Å²) >= 11 is 0. The minimum Gasteiger partial charge on any atom is -0.493 e.